The summed E-state index contributed by atoms with van der Waals surface area (Å²) in [7, 11) is 0. The van der Waals surface area contributed by atoms with E-state index in [0.29, 0.717) is 13.0 Å². The number of carbonyl (C=O) groups excluding carboxylic acids is 1. The number of pyridine rings is 1. The fourth-order valence-corrected chi connectivity index (χ4v) is 2.54. The van der Waals surface area contributed by atoms with E-state index in [1.54, 1.807) is 10.9 Å². The van der Waals surface area contributed by atoms with E-state index in [1.807, 2.05) is 24.3 Å². The molecule has 2 aromatic heterocycles. The lowest BCUT2D eigenvalue weighted by Gasteiger charge is -2.06. The van der Waals surface area contributed by atoms with Crippen LogP contribution in [0.3, 0.4) is 0 Å². The molecular formula is C18H18FN3O3. The van der Waals surface area contributed by atoms with Crippen LogP contribution in [0.5, 0.6) is 0 Å². The van der Waals surface area contributed by atoms with Crippen LogP contribution in [-0.2, 0) is 11.2 Å². The number of nitrogens with one attached hydrogen (secondary N) is 1. The predicted molar refractivity (Wildman–Crippen MR) is 91.6 cm³/mol. The summed E-state index contributed by atoms with van der Waals surface area (Å²) >= 11 is 0. The highest BCUT2D eigenvalue weighted by Crippen LogP contribution is 2.21. The van der Waals surface area contributed by atoms with Crippen molar-refractivity contribution in [3.8, 4) is 0 Å². The van der Waals surface area contributed by atoms with Gasteiger partial charge in [-0.2, -0.15) is 4.73 Å². The van der Waals surface area contributed by atoms with Crippen molar-refractivity contribution in [2.75, 3.05) is 18.5 Å². The average molecular weight is 343 g/mol. The van der Waals surface area contributed by atoms with Gasteiger partial charge in [-0.25, -0.2) is 4.39 Å². The zero-order chi connectivity index (χ0) is 17.6. The second-order valence-corrected chi connectivity index (χ2v) is 5.49. The van der Waals surface area contributed by atoms with Crippen molar-refractivity contribution in [3.05, 3.63) is 60.3 Å². The molecule has 0 spiro atoms. The molecule has 0 bridgehead atoms. The van der Waals surface area contributed by atoms with Crippen LogP contribution in [0.25, 0.3) is 10.9 Å². The number of rotatable bonds is 7. The van der Waals surface area contributed by atoms with Crippen molar-refractivity contribution >= 4 is 22.5 Å². The molecule has 0 aliphatic heterocycles. The van der Waals surface area contributed by atoms with Crippen molar-refractivity contribution in [1.82, 2.24) is 9.71 Å². The zero-order valence-electron chi connectivity index (χ0n) is 13.5. The molecule has 6 nitrogen and oxygen atoms in total. The molecule has 0 fully saturated rings. The number of benzene rings is 1. The van der Waals surface area contributed by atoms with Crippen LogP contribution in [0.15, 0.2) is 48.9 Å². The van der Waals surface area contributed by atoms with Gasteiger partial charge in [-0.1, -0.05) is 18.2 Å². The van der Waals surface area contributed by atoms with Gasteiger partial charge in [-0.3, -0.25) is 9.78 Å². The topological polar surface area (TPSA) is 76.4 Å². The van der Waals surface area contributed by atoms with Gasteiger partial charge in [0.25, 0.3) is 0 Å². The maximum Gasteiger partial charge on any atom is 0.228 e. The molecule has 1 amide bonds. The number of anilines is 1. The molecule has 0 saturated heterocycles. The number of aromatic nitrogens is 2. The maximum atomic E-state index is 13.6. The number of nitrogens with zero attached hydrogens (tertiary/aromatic N) is 2. The predicted octanol–water partition coefficient (Wildman–Crippen LogP) is 2.17. The van der Waals surface area contributed by atoms with Crippen LogP contribution in [0.1, 0.15) is 12.0 Å². The lowest BCUT2D eigenvalue weighted by molar-refractivity contribution is -0.115. The van der Waals surface area contributed by atoms with Gasteiger partial charge in [0.15, 0.2) is 5.82 Å². The molecule has 0 aliphatic rings. The van der Waals surface area contributed by atoms with Gasteiger partial charge in [-0.05, 0) is 17.7 Å². The molecule has 130 valence electrons. The molecule has 7 heteroatoms. The summed E-state index contributed by atoms with van der Waals surface area (Å²) in [5, 5.41) is 12.3. The summed E-state index contributed by atoms with van der Waals surface area (Å²) in [4.78, 5) is 21.5. The van der Waals surface area contributed by atoms with Crippen LogP contribution in [0.4, 0.5) is 10.1 Å². The molecular weight excluding hydrogens is 325 g/mol. The summed E-state index contributed by atoms with van der Waals surface area (Å²) in [5.74, 6) is -0.908. The van der Waals surface area contributed by atoms with Gasteiger partial charge in [0, 0.05) is 30.8 Å². The third-order valence-corrected chi connectivity index (χ3v) is 3.69. The Morgan fingerprint density at radius 2 is 2.16 bits per heavy atom. The first-order valence-electron chi connectivity index (χ1n) is 7.91. The van der Waals surface area contributed by atoms with Crippen molar-refractivity contribution in [3.63, 3.8) is 0 Å². The normalized spacial score (nSPS) is 10.8. The second-order valence-electron chi connectivity index (χ2n) is 5.49. The second kappa shape index (κ2) is 7.76. The number of hydrogen-bond acceptors (Lipinski definition) is 4. The van der Waals surface area contributed by atoms with Crippen LogP contribution in [-0.4, -0.2) is 33.9 Å². The molecule has 1 aromatic carbocycles. The summed E-state index contributed by atoms with van der Waals surface area (Å²) < 4.78 is 15.2. The summed E-state index contributed by atoms with van der Waals surface area (Å²) in [6, 6.07) is 8.96. The quantitative estimate of drug-likeness (QED) is 0.645. The SMILES string of the molecule is O=C(Cc1cn(OCCCO)c2ccccc12)Nc1ccncc1F. The highest BCUT2D eigenvalue weighted by molar-refractivity contribution is 5.95. The smallest absolute Gasteiger partial charge is 0.228 e. The van der Waals surface area contributed by atoms with Gasteiger partial charge < -0.3 is 15.3 Å². The third kappa shape index (κ3) is 3.95. The summed E-state index contributed by atoms with van der Waals surface area (Å²) in [6.45, 7) is 0.412. The lowest BCUT2D eigenvalue weighted by Crippen LogP contribution is -2.15. The fourth-order valence-electron chi connectivity index (χ4n) is 2.54. The number of aliphatic hydroxyl groups excluding tert-OH is 1. The Morgan fingerprint density at radius 1 is 1.32 bits per heavy atom. The first kappa shape index (κ1) is 16.9. The van der Waals surface area contributed by atoms with Gasteiger partial charge in [0.1, 0.15) is 6.61 Å². The van der Waals surface area contributed by atoms with Crippen molar-refractivity contribution in [2.24, 2.45) is 0 Å². The van der Waals surface area contributed by atoms with E-state index in [9.17, 15) is 9.18 Å². The van der Waals surface area contributed by atoms with E-state index < -0.39 is 5.82 Å². The fraction of sp³-hybridized carbons (Fsp3) is 0.222. The van der Waals surface area contributed by atoms with E-state index in [4.69, 9.17) is 9.94 Å². The van der Waals surface area contributed by atoms with Gasteiger partial charge in [0.2, 0.25) is 5.91 Å². The standard InChI is InChI=1S/C18H18FN3O3/c19-15-11-20-7-6-16(15)21-18(24)10-13-12-22(25-9-3-8-23)17-5-2-1-4-14(13)17/h1-2,4-7,11-12,23H,3,8-10H2,(H,20,21,24). The van der Waals surface area contributed by atoms with Crippen LogP contribution in [0, 0.1) is 5.82 Å². The van der Waals surface area contributed by atoms with Gasteiger partial charge in [0.05, 0.1) is 23.8 Å². The van der Waals surface area contributed by atoms with E-state index in [-0.39, 0.29) is 24.6 Å². The Labute approximate surface area is 143 Å². The zero-order valence-corrected chi connectivity index (χ0v) is 13.5. The first-order chi connectivity index (χ1) is 12.2. The molecule has 0 atom stereocenters. The van der Waals surface area contributed by atoms with E-state index in [1.165, 1.54) is 12.3 Å². The Kier molecular flexibility index (Phi) is 5.25. The molecule has 0 aliphatic carbocycles. The minimum Gasteiger partial charge on any atom is -0.414 e. The van der Waals surface area contributed by atoms with Gasteiger partial charge in [-0.15, -0.1) is 0 Å². The number of hydrogen-bond donors (Lipinski definition) is 2. The summed E-state index contributed by atoms with van der Waals surface area (Å²) in [5.41, 5.74) is 1.70. The largest absolute Gasteiger partial charge is 0.414 e. The van der Waals surface area contributed by atoms with Crippen LogP contribution in [0.2, 0.25) is 0 Å². The van der Waals surface area contributed by atoms with Crippen LogP contribution < -0.4 is 10.2 Å². The summed E-state index contributed by atoms with van der Waals surface area (Å²) in [6.07, 6.45) is 4.81. The number of aliphatic hydroxyl groups is 1. The van der Waals surface area contributed by atoms with E-state index >= 15 is 0 Å². The number of para-hydroxylation sites is 1. The number of fused-ring (bicyclic) bond motifs is 1. The average Bonchev–Trinajstić information content (AvgIpc) is 2.95. The maximum absolute atomic E-state index is 13.6. The Balaban J connectivity index is 1.78. The van der Waals surface area contributed by atoms with Gasteiger partial charge >= 0.3 is 0 Å². The highest BCUT2D eigenvalue weighted by atomic mass is 19.1. The molecule has 0 radical (unpaired) electrons. The molecule has 0 saturated carbocycles. The lowest BCUT2D eigenvalue weighted by atomic mass is 10.1. The molecule has 2 N–H and O–H groups in total. The van der Waals surface area contributed by atoms with Crippen molar-refractivity contribution < 1.29 is 19.1 Å². The minimum absolute atomic E-state index is 0.0476. The van der Waals surface area contributed by atoms with E-state index in [2.05, 4.69) is 10.3 Å². The van der Waals surface area contributed by atoms with Crippen molar-refractivity contribution in [2.45, 2.75) is 12.8 Å². The number of amides is 1. The van der Waals surface area contributed by atoms with Crippen molar-refractivity contribution in [1.29, 1.82) is 0 Å². The molecule has 25 heavy (non-hydrogen) atoms. The van der Waals surface area contributed by atoms with E-state index in [0.717, 1.165) is 22.7 Å². The first-order valence-corrected chi connectivity index (χ1v) is 7.91. The molecule has 0 unspecified atom stereocenters. The Hall–Kier alpha value is -2.93. The Morgan fingerprint density at radius 3 is 2.96 bits per heavy atom. The molecule has 2 heterocycles. The third-order valence-electron chi connectivity index (χ3n) is 3.69. The minimum atomic E-state index is -0.578. The molecule has 3 rings (SSSR count). The monoisotopic (exact) mass is 343 g/mol. The highest BCUT2D eigenvalue weighted by Gasteiger charge is 2.14. The molecule has 3 aromatic rings. The van der Waals surface area contributed by atoms with Crippen LogP contribution >= 0.6 is 0 Å². The Bertz CT molecular complexity index is 879. The number of carbonyl (C=O) groups is 1. The number of halogens is 1.